The standard InChI is InChI=1S/C16H18O4/c1-18-14-9-8-13(15(19-2)16(14)20-3)12-7-5-4-6-11(12)10-17/h4-9,17H,10H2,1-3H3. The molecule has 106 valence electrons. The summed E-state index contributed by atoms with van der Waals surface area (Å²) in [6, 6.07) is 11.4. The van der Waals surface area contributed by atoms with Gasteiger partial charge in [0.25, 0.3) is 0 Å². The lowest BCUT2D eigenvalue weighted by Crippen LogP contribution is -1.98. The third-order valence-electron chi connectivity index (χ3n) is 3.18. The Kier molecular flexibility index (Phi) is 4.48. The van der Waals surface area contributed by atoms with E-state index in [1.807, 2.05) is 36.4 Å². The Morgan fingerprint density at radius 3 is 2.10 bits per heavy atom. The molecule has 0 atom stereocenters. The fourth-order valence-electron chi connectivity index (χ4n) is 2.23. The highest BCUT2D eigenvalue weighted by Crippen LogP contribution is 2.44. The molecule has 0 fully saturated rings. The number of benzene rings is 2. The molecule has 0 spiro atoms. The first-order valence-corrected chi connectivity index (χ1v) is 6.24. The van der Waals surface area contributed by atoms with Crippen LogP contribution in [0, 0.1) is 0 Å². The molecule has 4 nitrogen and oxygen atoms in total. The van der Waals surface area contributed by atoms with Crippen molar-refractivity contribution in [2.45, 2.75) is 6.61 Å². The molecule has 0 amide bonds. The number of hydrogen-bond donors (Lipinski definition) is 1. The molecule has 0 saturated heterocycles. The van der Waals surface area contributed by atoms with Gasteiger partial charge in [0.05, 0.1) is 27.9 Å². The molecule has 0 aliphatic rings. The van der Waals surface area contributed by atoms with E-state index in [2.05, 4.69) is 0 Å². The molecule has 2 rings (SSSR count). The lowest BCUT2D eigenvalue weighted by molar-refractivity contribution is 0.282. The van der Waals surface area contributed by atoms with Gasteiger partial charge in [0.2, 0.25) is 5.75 Å². The van der Waals surface area contributed by atoms with Crippen LogP contribution in [0.3, 0.4) is 0 Å². The zero-order valence-electron chi connectivity index (χ0n) is 11.8. The van der Waals surface area contributed by atoms with Gasteiger partial charge in [0.1, 0.15) is 0 Å². The summed E-state index contributed by atoms with van der Waals surface area (Å²) in [4.78, 5) is 0. The van der Waals surface area contributed by atoms with E-state index in [0.29, 0.717) is 17.2 Å². The highest BCUT2D eigenvalue weighted by atomic mass is 16.5. The summed E-state index contributed by atoms with van der Waals surface area (Å²) in [7, 11) is 4.74. The van der Waals surface area contributed by atoms with E-state index in [0.717, 1.165) is 16.7 Å². The second-order valence-corrected chi connectivity index (χ2v) is 4.20. The summed E-state index contributed by atoms with van der Waals surface area (Å²) in [5.74, 6) is 1.74. The topological polar surface area (TPSA) is 47.9 Å². The zero-order chi connectivity index (χ0) is 14.5. The van der Waals surface area contributed by atoms with Gasteiger partial charge in [-0.2, -0.15) is 0 Å². The van der Waals surface area contributed by atoms with Crippen molar-refractivity contribution in [3.05, 3.63) is 42.0 Å². The number of aliphatic hydroxyl groups is 1. The maximum atomic E-state index is 9.47. The van der Waals surface area contributed by atoms with Crippen molar-refractivity contribution in [1.82, 2.24) is 0 Å². The summed E-state index contributed by atoms with van der Waals surface area (Å²) < 4.78 is 16.1. The highest BCUT2D eigenvalue weighted by molar-refractivity contribution is 5.78. The van der Waals surface area contributed by atoms with Crippen LogP contribution in [0.4, 0.5) is 0 Å². The van der Waals surface area contributed by atoms with E-state index in [9.17, 15) is 5.11 Å². The predicted octanol–water partition coefficient (Wildman–Crippen LogP) is 2.87. The fourth-order valence-corrected chi connectivity index (χ4v) is 2.23. The molecule has 4 heteroatoms. The first kappa shape index (κ1) is 14.2. The Hall–Kier alpha value is -2.20. The maximum Gasteiger partial charge on any atom is 0.203 e. The Balaban J connectivity index is 2.68. The van der Waals surface area contributed by atoms with E-state index in [4.69, 9.17) is 14.2 Å². The van der Waals surface area contributed by atoms with Crippen LogP contribution in [-0.2, 0) is 6.61 Å². The normalized spacial score (nSPS) is 10.2. The molecule has 0 unspecified atom stereocenters. The van der Waals surface area contributed by atoms with E-state index >= 15 is 0 Å². The molecule has 1 N–H and O–H groups in total. The van der Waals surface area contributed by atoms with E-state index in [1.54, 1.807) is 21.3 Å². The Labute approximate surface area is 118 Å². The van der Waals surface area contributed by atoms with Crippen molar-refractivity contribution in [3.63, 3.8) is 0 Å². The quantitative estimate of drug-likeness (QED) is 0.910. The third-order valence-corrected chi connectivity index (χ3v) is 3.18. The van der Waals surface area contributed by atoms with Gasteiger partial charge in [-0.25, -0.2) is 0 Å². The molecule has 2 aromatic carbocycles. The molecule has 0 heterocycles. The van der Waals surface area contributed by atoms with Gasteiger partial charge in [0.15, 0.2) is 11.5 Å². The van der Waals surface area contributed by atoms with Crippen LogP contribution < -0.4 is 14.2 Å². The van der Waals surface area contributed by atoms with Gasteiger partial charge in [-0.15, -0.1) is 0 Å². The number of ether oxygens (including phenoxy) is 3. The molecule has 0 aliphatic heterocycles. The van der Waals surface area contributed by atoms with Gasteiger partial charge in [0, 0.05) is 5.56 Å². The highest BCUT2D eigenvalue weighted by Gasteiger charge is 2.18. The monoisotopic (exact) mass is 274 g/mol. The Bertz CT molecular complexity index is 593. The van der Waals surface area contributed by atoms with Gasteiger partial charge in [-0.1, -0.05) is 24.3 Å². The van der Waals surface area contributed by atoms with Crippen LogP contribution in [0.15, 0.2) is 36.4 Å². The van der Waals surface area contributed by atoms with Crippen molar-refractivity contribution in [2.24, 2.45) is 0 Å². The average Bonchev–Trinajstić information content (AvgIpc) is 2.53. The summed E-state index contributed by atoms with van der Waals surface area (Å²) in [5, 5.41) is 9.47. The summed E-state index contributed by atoms with van der Waals surface area (Å²) >= 11 is 0. The SMILES string of the molecule is COc1ccc(-c2ccccc2CO)c(OC)c1OC. The minimum absolute atomic E-state index is 0.0341. The predicted molar refractivity (Wildman–Crippen MR) is 77.5 cm³/mol. The summed E-state index contributed by atoms with van der Waals surface area (Å²) in [6.07, 6.45) is 0. The first-order chi connectivity index (χ1) is 9.76. The van der Waals surface area contributed by atoms with Gasteiger partial charge in [-0.3, -0.25) is 0 Å². The molecule has 0 aliphatic carbocycles. The van der Waals surface area contributed by atoms with Crippen LogP contribution in [0.25, 0.3) is 11.1 Å². The molecule has 0 saturated carbocycles. The average molecular weight is 274 g/mol. The molecule has 0 bridgehead atoms. The minimum Gasteiger partial charge on any atom is -0.493 e. The van der Waals surface area contributed by atoms with Gasteiger partial charge < -0.3 is 19.3 Å². The van der Waals surface area contributed by atoms with Crippen molar-refractivity contribution in [2.75, 3.05) is 21.3 Å². The van der Waals surface area contributed by atoms with E-state index in [1.165, 1.54) is 0 Å². The largest absolute Gasteiger partial charge is 0.493 e. The zero-order valence-corrected chi connectivity index (χ0v) is 11.8. The second kappa shape index (κ2) is 6.30. The molecule has 2 aromatic rings. The van der Waals surface area contributed by atoms with Crippen molar-refractivity contribution in [1.29, 1.82) is 0 Å². The Morgan fingerprint density at radius 1 is 0.800 bits per heavy atom. The van der Waals surface area contributed by atoms with Crippen molar-refractivity contribution < 1.29 is 19.3 Å². The van der Waals surface area contributed by atoms with Crippen molar-refractivity contribution in [3.8, 4) is 28.4 Å². The second-order valence-electron chi connectivity index (χ2n) is 4.20. The molecule has 20 heavy (non-hydrogen) atoms. The van der Waals surface area contributed by atoms with Crippen LogP contribution in [0.1, 0.15) is 5.56 Å². The molecular formula is C16H18O4. The lowest BCUT2D eigenvalue weighted by Gasteiger charge is -2.17. The molecule has 0 radical (unpaired) electrons. The number of aliphatic hydroxyl groups excluding tert-OH is 1. The number of methoxy groups -OCH3 is 3. The van der Waals surface area contributed by atoms with Gasteiger partial charge >= 0.3 is 0 Å². The third kappa shape index (κ3) is 2.42. The lowest BCUT2D eigenvalue weighted by atomic mass is 9.98. The van der Waals surface area contributed by atoms with E-state index < -0.39 is 0 Å². The van der Waals surface area contributed by atoms with Gasteiger partial charge in [-0.05, 0) is 23.3 Å². The maximum absolute atomic E-state index is 9.47. The van der Waals surface area contributed by atoms with E-state index in [-0.39, 0.29) is 6.61 Å². The van der Waals surface area contributed by atoms with Crippen LogP contribution in [-0.4, -0.2) is 26.4 Å². The number of hydrogen-bond acceptors (Lipinski definition) is 4. The minimum atomic E-state index is -0.0341. The summed E-state index contributed by atoms with van der Waals surface area (Å²) in [5.41, 5.74) is 2.60. The molecule has 0 aromatic heterocycles. The van der Waals surface area contributed by atoms with Crippen LogP contribution >= 0.6 is 0 Å². The number of rotatable bonds is 5. The van der Waals surface area contributed by atoms with Crippen LogP contribution in [0.2, 0.25) is 0 Å². The van der Waals surface area contributed by atoms with Crippen molar-refractivity contribution >= 4 is 0 Å². The summed E-state index contributed by atoms with van der Waals surface area (Å²) in [6.45, 7) is -0.0341. The first-order valence-electron chi connectivity index (χ1n) is 6.24. The molecular weight excluding hydrogens is 256 g/mol. The smallest absolute Gasteiger partial charge is 0.203 e. The van der Waals surface area contributed by atoms with Crippen LogP contribution in [0.5, 0.6) is 17.2 Å². The fraction of sp³-hybridized carbons (Fsp3) is 0.250. The Morgan fingerprint density at radius 2 is 1.50 bits per heavy atom.